The smallest absolute Gasteiger partial charge is 0.410 e. The molecule has 8 nitrogen and oxygen atoms in total. The third-order valence-electron chi connectivity index (χ3n) is 4.72. The number of H-pyrrole nitrogens is 1. The second-order valence-electron chi connectivity index (χ2n) is 8.06. The summed E-state index contributed by atoms with van der Waals surface area (Å²) in [5, 5.41) is 12.6. The molecule has 1 aliphatic heterocycles. The Balaban J connectivity index is 1.69. The Bertz CT molecular complexity index is 863. The van der Waals surface area contributed by atoms with Crippen molar-refractivity contribution in [1.29, 1.82) is 0 Å². The highest BCUT2D eigenvalue weighted by Gasteiger charge is 2.30. The van der Waals surface area contributed by atoms with Crippen LogP contribution in [0.4, 0.5) is 4.79 Å². The van der Waals surface area contributed by atoms with E-state index in [0.717, 1.165) is 22.2 Å². The van der Waals surface area contributed by atoms with Crippen LogP contribution in [0.2, 0.25) is 0 Å². The molecule has 2 heterocycles. The van der Waals surface area contributed by atoms with Gasteiger partial charge < -0.3 is 19.7 Å². The third kappa shape index (κ3) is 4.45. The molecular formula is C20H28N4O4. The largest absolute Gasteiger partial charge is 0.480 e. The van der Waals surface area contributed by atoms with E-state index in [4.69, 9.17) is 4.74 Å². The first-order chi connectivity index (χ1) is 13.2. The first kappa shape index (κ1) is 20.2. The van der Waals surface area contributed by atoms with Crippen LogP contribution in [0.25, 0.3) is 10.9 Å². The number of hydrogen-bond acceptors (Lipinski definition) is 5. The number of ether oxygens (including phenoxy) is 1. The lowest BCUT2D eigenvalue weighted by atomic mass is 10.0. The van der Waals surface area contributed by atoms with Crippen LogP contribution in [0.1, 0.15) is 38.1 Å². The van der Waals surface area contributed by atoms with Gasteiger partial charge in [-0.1, -0.05) is 18.2 Å². The van der Waals surface area contributed by atoms with Crippen LogP contribution in [-0.2, 0) is 9.53 Å². The predicted octanol–water partition coefficient (Wildman–Crippen LogP) is 2.66. The topological polar surface area (TPSA) is 97.9 Å². The maximum Gasteiger partial charge on any atom is 0.410 e. The number of carbonyl (C=O) groups is 2. The zero-order chi connectivity index (χ0) is 20.5. The number of para-hydroxylation sites is 1. The first-order valence-corrected chi connectivity index (χ1v) is 9.45. The standard InChI is InChI=1S/C20H28N4O4/c1-13-16(14-7-5-6-8-15(14)21-13)17(18(25)26)22-24-11-9-23(10-12-24)19(27)28-20(2,3)4/h5-8,17,21-22H,9-12H2,1-4H3,(H,25,26). The van der Waals surface area contributed by atoms with Crippen LogP contribution in [0, 0.1) is 6.92 Å². The van der Waals surface area contributed by atoms with E-state index < -0.39 is 17.6 Å². The van der Waals surface area contributed by atoms with Crippen molar-refractivity contribution < 1.29 is 19.4 Å². The Hall–Kier alpha value is -2.58. The summed E-state index contributed by atoms with van der Waals surface area (Å²) in [5.41, 5.74) is 5.08. The van der Waals surface area contributed by atoms with Crippen molar-refractivity contribution in [3.05, 3.63) is 35.5 Å². The second kappa shape index (κ2) is 7.81. The Morgan fingerprint density at radius 2 is 1.82 bits per heavy atom. The number of hydrogen-bond donors (Lipinski definition) is 3. The minimum atomic E-state index is -0.942. The van der Waals surface area contributed by atoms with Crippen LogP contribution in [0.15, 0.2) is 24.3 Å². The number of piperazine rings is 1. The van der Waals surface area contributed by atoms with Gasteiger partial charge in [0, 0.05) is 48.3 Å². The number of carboxylic acid groups (broad SMARTS) is 1. The summed E-state index contributed by atoms with van der Waals surface area (Å²) >= 11 is 0. The van der Waals surface area contributed by atoms with Crippen LogP contribution < -0.4 is 5.43 Å². The molecule has 8 heteroatoms. The average molecular weight is 388 g/mol. The number of fused-ring (bicyclic) bond motifs is 1. The van der Waals surface area contributed by atoms with Gasteiger partial charge in [0.15, 0.2) is 0 Å². The molecule has 3 rings (SSSR count). The fourth-order valence-electron chi connectivity index (χ4n) is 3.44. The van der Waals surface area contributed by atoms with E-state index in [1.54, 1.807) is 4.90 Å². The number of nitrogens with zero attached hydrogens (tertiary/aromatic N) is 2. The maximum atomic E-state index is 12.2. The number of amides is 1. The van der Waals surface area contributed by atoms with Gasteiger partial charge in [-0.15, -0.1) is 0 Å². The van der Waals surface area contributed by atoms with E-state index in [-0.39, 0.29) is 6.09 Å². The summed E-state index contributed by atoms with van der Waals surface area (Å²) in [6, 6.07) is 6.80. The Morgan fingerprint density at radius 1 is 1.18 bits per heavy atom. The number of carbonyl (C=O) groups excluding carboxylic acids is 1. The molecule has 0 aliphatic carbocycles. The van der Waals surface area contributed by atoms with Gasteiger partial charge in [0.05, 0.1) is 0 Å². The highest BCUT2D eigenvalue weighted by Crippen LogP contribution is 2.28. The number of nitrogens with one attached hydrogen (secondary N) is 2. The van der Waals surface area contributed by atoms with Crippen LogP contribution in [-0.4, -0.2) is 63.8 Å². The van der Waals surface area contributed by atoms with Crippen molar-refractivity contribution in [3.8, 4) is 0 Å². The molecule has 1 saturated heterocycles. The molecule has 0 radical (unpaired) electrons. The van der Waals surface area contributed by atoms with Crippen LogP contribution in [0.3, 0.4) is 0 Å². The summed E-state index contributed by atoms with van der Waals surface area (Å²) in [6.07, 6.45) is -0.339. The number of hydrazine groups is 1. The molecule has 152 valence electrons. The van der Waals surface area contributed by atoms with Gasteiger partial charge in [-0.2, -0.15) is 0 Å². The van der Waals surface area contributed by atoms with Crippen LogP contribution >= 0.6 is 0 Å². The van der Waals surface area contributed by atoms with Gasteiger partial charge in [0.25, 0.3) is 0 Å². The van der Waals surface area contributed by atoms with Crippen molar-refractivity contribution in [2.45, 2.75) is 39.3 Å². The van der Waals surface area contributed by atoms with E-state index in [1.165, 1.54) is 0 Å². The van der Waals surface area contributed by atoms with Crippen molar-refractivity contribution in [3.63, 3.8) is 0 Å². The Labute approximate surface area is 164 Å². The maximum absolute atomic E-state index is 12.2. The highest BCUT2D eigenvalue weighted by molar-refractivity contribution is 5.90. The van der Waals surface area contributed by atoms with E-state index in [2.05, 4.69) is 10.4 Å². The minimum absolute atomic E-state index is 0.339. The van der Waals surface area contributed by atoms with Crippen LogP contribution in [0.5, 0.6) is 0 Å². The van der Waals surface area contributed by atoms with Gasteiger partial charge in [-0.25, -0.2) is 15.2 Å². The summed E-state index contributed by atoms with van der Waals surface area (Å²) in [7, 11) is 0. The number of aromatic nitrogens is 1. The van der Waals surface area contributed by atoms with Gasteiger partial charge >= 0.3 is 12.1 Å². The molecule has 2 aromatic rings. The molecule has 3 N–H and O–H groups in total. The highest BCUT2D eigenvalue weighted by atomic mass is 16.6. The zero-order valence-electron chi connectivity index (χ0n) is 16.8. The molecule has 0 bridgehead atoms. The fourth-order valence-corrected chi connectivity index (χ4v) is 3.44. The summed E-state index contributed by atoms with van der Waals surface area (Å²) in [4.78, 5) is 29.1. The predicted molar refractivity (Wildman–Crippen MR) is 106 cm³/mol. The van der Waals surface area contributed by atoms with Gasteiger partial charge in [-0.05, 0) is 33.8 Å². The molecule has 1 aromatic heterocycles. The monoisotopic (exact) mass is 388 g/mol. The lowest BCUT2D eigenvalue weighted by Gasteiger charge is -2.36. The zero-order valence-corrected chi connectivity index (χ0v) is 16.8. The number of benzene rings is 1. The lowest BCUT2D eigenvalue weighted by molar-refractivity contribution is -0.141. The number of carboxylic acids is 1. The molecule has 1 aliphatic rings. The number of aromatic amines is 1. The fraction of sp³-hybridized carbons (Fsp3) is 0.500. The van der Waals surface area contributed by atoms with Crippen molar-refractivity contribution in [1.82, 2.24) is 20.3 Å². The molecular weight excluding hydrogens is 360 g/mol. The summed E-state index contributed by atoms with van der Waals surface area (Å²) in [6.45, 7) is 9.38. The second-order valence-corrected chi connectivity index (χ2v) is 8.06. The van der Waals surface area contributed by atoms with Gasteiger partial charge in [0.1, 0.15) is 11.6 Å². The van der Waals surface area contributed by atoms with Gasteiger partial charge in [0.2, 0.25) is 0 Å². The molecule has 1 amide bonds. The summed E-state index contributed by atoms with van der Waals surface area (Å²) in [5.74, 6) is -0.942. The third-order valence-corrected chi connectivity index (χ3v) is 4.72. The molecule has 0 spiro atoms. The molecule has 1 aromatic carbocycles. The van der Waals surface area contributed by atoms with Crippen molar-refractivity contribution >= 4 is 23.0 Å². The molecule has 0 saturated carbocycles. The quantitative estimate of drug-likeness (QED) is 0.745. The summed E-state index contributed by atoms with van der Waals surface area (Å²) < 4.78 is 5.40. The average Bonchev–Trinajstić information content (AvgIpc) is 2.94. The Morgan fingerprint density at radius 3 is 2.43 bits per heavy atom. The lowest BCUT2D eigenvalue weighted by Crippen LogP contribution is -2.55. The van der Waals surface area contributed by atoms with E-state index >= 15 is 0 Å². The SMILES string of the molecule is Cc1[nH]c2ccccc2c1C(NN1CCN(C(=O)OC(C)(C)C)CC1)C(=O)O. The van der Waals surface area contributed by atoms with Gasteiger partial charge in [-0.3, -0.25) is 4.79 Å². The molecule has 28 heavy (non-hydrogen) atoms. The molecule has 1 fully saturated rings. The number of aryl methyl sites for hydroxylation is 1. The van der Waals surface area contributed by atoms with E-state index in [9.17, 15) is 14.7 Å². The minimum Gasteiger partial charge on any atom is -0.480 e. The van der Waals surface area contributed by atoms with Crippen molar-refractivity contribution in [2.75, 3.05) is 26.2 Å². The number of aliphatic carboxylic acids is 1. The van der Waals surface area contributed by atoms with Crippen molar-refractivity contribution in [2.24, 2.45) is 0 Å². The molecule has 1 unspecified atom stereocenters. The normalized spacial score (nSPS) is 16.9. The molecule has 1 atom stereocenters. The van der Waals surface area contributed by atoms with E-state index in [1.807, 2.05) is 57.0 Å². The van der Waals surface area contributed by atoms with E-state index in [0.29, 0.717) is 26.2 Å². The first-order valence-electron chi connectivity index (χ1n) is 9.45. The Kier molecular flexibility index (Phi) is 5.62. The number of rotatable bonds is 4.